The fraction of sp³-hybridized carbons (Fsp3) is 0.933. The molecule has 3 nitrogen and oxygen atoms in total. The van der Waals surface area contributed by atoms with Gasteiger partial charge in [-0.2, -0.15) is 0 Å². The summed E-state index contributed by atoms with van der Waals surface area (Å²) in [5.74, 6) is 0.629. The molecule has 1 rings (SSSR count). The summed E-state index contributed by atoms with van der Waals surface area (Å²) in [4.78, 5) is 2.32. The molecule has 0 unspecified atom stereocenters. The fourth-order valence-electron chi connectivity index (χ4n) is 2.46. The molecule has 10 heteroatoms. The van der Waals surface area contributed by atoms with Gasteiger partial charge in [-0.15, -0.1) is 0 Å². The molecule has 0 bridgehead atoms. The summed E-state index contributed by atoms with van der Waals surface area (Å²) in [6.07, 6.45) is 3.30. The first-order chi connectivity index (χ1) is 10.7. The van der Waals surface area contributed by atoms with E-state index >= 15 is 0 Å². The molecule has 1 heterocycles. The Labute approximate surface area is 145 Å². The molecule has 0 saturated heterocycles. The van der Waals surface area contributed by atoms with Crippen molar-refractivity contribution >= 4 is 14.1 Å². The molecule has 1 N–H and O–H groups in total. The predicted octanol–water partition coefficient (Wildman–Crippen LogP) is 5.57. The summed E-state index contributed by atoms with van der Waals surface area (Å²) in [5.41, 5.74) is 0.291. The molecular formula is C15H31F6N2OP. The number of halogens is 6. The number of rotatable bonds is 5. The van der Waals surface area contributed by atoms with Crippen LogP contribution in [0, 0.1) is 11.3 Å². The van der Waals surface area contributed by atoms with Crippen LogP contribution in [0.1, 0.15) is 48.0 Å². The summed E-state index contributed by atoms with van der Waals surface area (Å²) in [6, 6.07) is 0.808. The third kappa shape index (κ3) is 13.3. The van der Waals surface area contributed by atoms with Gasteiger partial charge in [0, 0.05) is 5.41 Å². The predicted molar refractivity (Wildman–Crippen MR) is 90.7 cm³/mol. The molecule has 0 radical (unpaired) electrons. The number of hydrogen-bond acceptors (Lipinski definition) is 2. The van der Waals surface area contributed by atoms with Gasteiger partial charge in [-0.05, 0) is 19.3 Å². The zero-order valence-corrected chi connectivity index (χ0v) is 16.6. The van der Waals surface area contributed by atoms with Crippen LogP contribution in [0.25, 0.3) is 0 Å². The zero-order valence-electron chi connectivity index (χ0n) is 15.7. The monoisotopic (exact) mass is 400 g/mol. The topological polar surface area (TPSA) is 26.5 Å². The van der Waals surface area contributed by atoms with E-state index in [0.29, 0.717) is 17.4 Å². The summed E-state index contributed by atoms with van der Waals surface area (Å²) in [5, 5.41) is 9.54. The van der Waals surface area contributed by atoms with Crippen LogP contribution in [0.15, 0.2) is 0 Å². The SMILES string of the molecule is CC(C)C[C@@H](CO)N1C=[N+]([C@@H](C)C(C)(C)C)CC1.F[P-](F)(F)(F)(F)F. The standard InChI is InChI=1S/C15H31N2O.F6P/c1-12(2)9-14(10-18)17-8-7-16(11-17)13(3)15(4,5)6;1-7(2,3,4,5)6/h11-14,18H,7-10H2,1-6H3;/q+1;-1/t13-,14-;/m0./s1. The molecule has 0 saturated carbocycles. The van der Waals surface area contributed by atoms with Crippen molar-refractivity contribution in [2.45, 2.75) is 60.0 Å². The second kappa shape index (κ2) is 7.22. The normalized spacial score (nSPS) is 21.0. The van der Waals surface area contributed by atoms with Crippen molar-refractivity contribution in [1.82, 2.24) is 4.90 Å². The molecule has 1 aliphatic rings. The van der Waals surface area contributed by atoms with E-state index in [9.17, 15) is 30.3 Å². The molecule has 1 aliphatic heterocycles. The van der Waals surface area contributed by atoms with E-state index in [2.05, 4.69) is 57.4 Å². The van der Waals surface area contributed by atoms with Gasteiger partial charge in [0.05, 0.1) is 12.6 Å². The van der Waals surface area contributed by atoms with Crippen LogP contribution in [0.5, 0.6) is 0 Å². The van der Waals surface area contributed by atoms with Crippen molar-refractivity contribution in [3.05, 3.63) is 0 Å². The second-order valence-corrected chi connectivity index (χ2v) is 9.97. The molecule has 0 aromatic rings. The van der Waals surface area contributed by atoms with Gasteiger partial charge in [-0.1, -0.05) is 34.6 Å². The first-order valence-corrected chi connectivity index (χ1v) is 10.3. The van der Waals surface area contributed by atoms with Gasteiger partial charge in [0.1, 0.15) is 19.1 Å². The van der Waals surface area contributed by atoms with Crippen LogP contribution in [0.2, 0.25) is 0 Å². The van der Waals surface area contributed by atoms with Gasteiger partial charge in [0.25, 0.3) is 0 Å². The summed E-state index contributed by atoms with van der Waals surface area (Å²) in [7, 11) is -10.7. The fourth-order valence-corrected chi connectivity index (χ4v) is 2.46. The molecular weight excluding hydrogens is 369 g/mol. The third-order valence-electron chi connectivity index (χ3n) is 4.09. The Hall–Kier alpha value is -0.560. The third-order valence-corrected chi connectivity index (χ3v) is 4.09. The number of hydrogen-bond donors (Lipinski definition) is 1. The molecule has 0 fully saturated rings. The molecule has 154 valence electrons. The van der Waals surface area contributed by atoms with Crippen molar-refractivity contribution in [3.63, 3.8) is 0 Å². The van der Waals surface area contributed by atoms with Gasteiger partial charge in [0.2, 0.25) is 6.34 Å². The Balaban J connectivity index is 0.000000697. The van der Waals surface area contributed by atoms with Crippen molar-refractivity contribution < 1.29 is 34.9 Å². The number of aliphatic hydroxyl groups excluding tert-OH is 1. The van der Waals surface area contributed by atoms with Crippen LogP contribution < -0.4 is 0 Å². The molecule has 0 spiro atoms. The Morgan fingerprint density at radius 3 is 1.84 bits per heavy atom. The van der Waals surface area contributed by atoms with E-state index < -0.39 is 7.81 Å². The van der Waals surface area contributed by atoms with Crippen LogP contribution in [0.3, 0.4) is 0 Å². The molecule has 0 aromatic carbocycles. The quantitative estimate of drug-likeness (QED) is 0.371. The maximum atomic E-state index is 9.87. The van der Waals surface area contributed by atoms with Crippen molar-refractivity contribution in [1.29, 1.82) is 0 Å². The maximum absolute atomic E-state index is 10.7. The molecule has 2 atom stereocenters. The summed E-state index contributed by atoms with van der Waals surface area (Å²) >= 11 is 0. The Morgan fingerprint density at radius 1 is 1.08 bits per heavy atom. The van der Waals surface area contributed by atoms with Gasteiger partial charge in [-0.25, -0.2) is 0 Å². The average molecular weight is 400 g/mol. The Morgan fingerprint density at radius 2 is 1.52 bits per heavy atom. The van der Waals surface area contributed by atoms with Crippen molar-refractivity contribution in [3.8, 4) is 0 Å². The van der Waals surface area contributed by atoms with Crippen molar-refractivity contribution in [2.75, 3.05) is 19.7 Å². The van der Waals surface area contributed by atoms with E-state index in [1.165, 1.54) is 0 Å². The van der Waals surface area contributed by atoms with Crippen LogP contribution in [0.4, 0.5) is 25.2 Å². The van der Waals surface area contributed by atoms with Crippen LogP contribution in [-0.2, 0) is 0 Å². The minimum absolute atomic E-state index is 0.256. The van der Waals surface area contributed by atoms with E-state index in [0.717, 1.165) is 19.5 Å². The Bertz CT molecular complexity index is 458. The van der Waals surface area contributed by atoms with Gasteiger partial charge in [0.15, 0.2) is 0 Å². The zero-order chi connectivity index (χ0) is 20.3. The van der Waals surface area contributed by atoms with E-state index in [1.807, 2.05) is 0 Å². The number of aliphatic hydroxyl groups is 1. The van der Waals surface area contributed by atoms with Gasteiger partial charge < -0.3 is 5.11 Å². The van der Waals surface area contributed by atoms with E-state index in [-0.39, 0.29) is 12.6 Å². The van der Waals surface area contributed by atoms with E-state index in [1.54, 1.807) is 0 Å². The van der Waals surface area contributed by atoms with E-state index in [4.69, 9.17) is 0 Å². The first kappa shape index (κ1) is 24.4. The van der Waals surface area contributed by atoms with Gasteiger partial charge >= 0.3 is 33.0 Å². The average Bonchev–Trinajstić information content (AvgIpc) is 2.78. The Kier molecular flexibility index (Phi) is 7.06. The number of nitrogens with zero attached hydrogens (tertiary/aromatic N) is 2. The second-order valence-electron chi connectivity index (χ2n) is 8.06. The van der Waals surface area contributed by atoms with Gasteiger partial charge in [-0.3, -0.25) is 9.48 Å². The molecule has 0 amide bonds. The summed E-state index contributed by atoms with van der Waals surface area (Å²) in [6.45, 7) is 15.9. The molecule has 25 heavy (non-hydrogen) atoms. The van der Waals surface area contributed by atoms with Crippen LogP contribution >= 0.6 is 7.81 Å². The molecule has 0 aliphatic carbocycles. The minimum atomic E-state index is -10.7. The molecule has 0 aromatic heterocycles. The van der Waals surface area contributed by atoms with Crippen molar-refractivity contribution in [2.24, 2.45) is 11.3 Å². The summed E-state index contributed by atoms with van der Waals surface area (Å²) < 4.78 is 61.6. The van der Waals surface area contributed by atoms with Crippen LogP contribution in [-0.4, -0.2) is 52.7 Å². The first-order valence-electron chi connectivity index (χ1n) is 8.24.